The molecule has 4 rings (SSSR count). The Labute approximate surface area is 230 Å². The van der Waals surface area contributed by atoms with E-state index in [2.05, 4.69) is 4.74 Å². The molecule has 3 aromatic carbocycles. The highest BCUT2D eigenvalue weighted by Crippen LogP contribution is 2.36. The van der Waals surface area contributed by atoms with Crippen molar-refractivity contribution in [2.45, 2.75) is 50.1 Å². The molecule has 1 heterocycles. The molecule has 0 fully saturated rings. The van der Waals surface area contributed by atoms with Gasteiger partial charge in [-0.2, -0.15) is 4.31 Å². The molecule has 0 aromatic heterocycles. The molecule has 0 radical (unpaired) electrons. The topological polar surface area (TPSA) is 102 Å². The number of rotatable bonds is 9. The van der Waals surface area contributed by atoms with Gasteiger partial charge < -0.3 is 19.3 Å². The van der Waals surface area contributed by atoms with E-state index in [0.29, 0.717) is 40.8 Å². The van der Waals surface area contributed by atoms with Gasteiger partial charge >= 0.3 is 12.3 Å². The van der Waals surface area contributed by atoms with Crippen molar-refractivity contribution in [3.05, 3.63) is 71.8 Å². The zero-order valence-corrected chi connectivity index (χ0v) is 22.8. The zero-order valence-electron chi connectivity index (χ0n) is 22.0. The first-order chi connectivity index (χ1) is 18.7. The summed E-state index contributed by atoms with van der Waals surface area (Å²) in [7, 11) is -2.92. The Morgan fingerprint density at radius 3 is 2.48 bits per heavy atom. The molecule has 0 atom stereocenters. The van der Waals surface area contributed by atoms with Gasteiger partial charge in [-0.25, -0.2) is 8.42 Å². The number of benzene rings is 3. The van der Waals surface area contributed by atoms with Crippen molar-refractivity contribution in [2.24, 2.45) is 0 Å². The SMILES string of the molecule is COc1ccc(-c2cccc(OC(F)(F)F)c2)cc1CN(CC(=O)O)S(=O)(=O)c1ccc2c(c1)CCC(C)(C)O2. The number of hydrogen-bond donors (Lipinski definition) is 1. The average molecular weight is 580 g/mol. The summed E-state index contributed by atoms with van der Waals surface area (Å²) in [6.45, 7) is 2.68. The van der Waals surface area contributed by atoms with Crippen LogP contribution in [0.4, 0.5) is 13.2 Å². The number of halogens is 3. The van der Waals surface area contributed by atoms with Gasteiger partial charge in [0.2, 0.25) is 10.0 Å². The number of sulfonamides is 1. The lowest BCUT2D eigenvalue weighted by Crippen LogP contribution is -2.36. The molecule has 1 aliphatic rings. The Kier molecular flexibility index (Phi) is 8.04. The van der Waals surface area contributed by atoms with Crippen LogP contribution in [-0.2, 0) is 27.8 Å². The minimum absolute atomic E-state index is 0.0806. The standard InChI is InChI=1S/C28H28F3NO7S/c1-27(2)12-11-20-15-23(8-10-25(20)39-27)40(35,36)32(17-26(33)34)16-21-13-19(7-9-24(21)37-3)18-5-4-6-22(14-18)38-28(29,30)31/h4-10,13-15H,11-12,16-17H2,1-3H3,(H,33,34). The van der Waals surface area contributed by atoms with Crippen molar-refractivity contribution in [1.29, 1.82) is 0 Å². The van der Waals surface area contributed by atoms with Gasteiger partial charge in [-0.15, -0.1) is 13.2 Å². The number of aryl methyl sites for hydroxylation is 1. The molecule has 0 saturated carbocycles. The Balaban J connectivity index is 1.69. The molecule has 1 N–H and O–H groups in total. The number of methoxy groups -OCH3 is 1. The van der Waals surface area contributed by atoms with Crippen LogP contribution in [-0.4, -0.2) is 49.4 Å². The maximum Gasteiger partial charge on any atom is 0.573 e. The zero-order chi connectivity index (χ0) is 29.3. The van der Waals surface area contributed by atoms with E-state index < -0.39 is 34.6 Å². The number of carbonyl (C=O) groups is 1. The van der Waals surface area contributed by atoms with E-state index in [1.165, 1.54) is 37.4 Å². The molecule has 12 heteroatoms. The van der Waals surface area contributed by atoms with Crippen molar-refractivity contribution < 1.29 is 45.7 Å². The first-order valence-corrected chi connectivity index (χ1v) is 13.7. The second kappa shape index (κ2) is 11.0. The number of alkyl halides is 3. The lowest BCUT2D eigenvalue weighted by atomic mass is 9.94. The van der Waals surface area contributed by atoms with Gasteiger partial charge in [-0.05, 0) is 85.8 Å². The first-order valence-electron chi connectivity index (χ1n) is 12.2. The summed E-state index contributed by atoms with van der Waals surface area (Å²) >= 11 is 0. The molecule has 40 heavy (non-hydrogen) atoms. The van der Waals surface area contributed by atoms with Crippen LogP contribution in [0.5, 0.6) is 17.2 Å². The van der Waals surface area contributed by atoms with E-state index in [1.807, 2.05) is 13.8 Å². The third kappa shape index (κ3) is 6.86. The van der Waals surface area contributed by atoms with Gasteiger partial charge in [0.1, 0.15) is 29.4 Å². The average Bonchev–Trinajstić information content (AvgIpc) is 2.86. The van der Waals surface area contributed by atoms with Gasteiger partial charge in [0.25, 0.3) is 0 Å². The van der Waals surface area contributed by atoms with Crippen molar-refractivity contribution >= 4 is 16.0 Å². The molecule has 214 valence electrons. The van der Waals surface area contributed by atoms with Crippen molar-refractivity contribution in [1.82, 2.24) is 4.31 Å². The largest absolute Gasteiger partial charge is 0.573 e. The van der Waals surface area contributed by atoms with Crippen molar-refractivity contribution in [2.75, 3.05) is 13.7 Å². The van der Waals surface area contributed by atoms with Crippen LogP contribution < -0.4 is 14.2 Å². The van der Waals surface area contributed by atoms with E-state index in [9.17, 15) is 31.5 Å². The summed E-state index contributed by atoms with van der Waals surface area (Å²) < 4.78 is 81.6. The summed E-state index contributed by atoms with van der Waals surface area (Å²) in [5.41, 5.74) is 1.45. The van der Waals surface area contributed by atoms with Crippen LogP contribution in [0, 0.1) is 0 Å². The fourth-order valence-corrected chi connectivity index (χ4v) is 5.88. The molecule has 0 aliphatic carbocycles. The monoisotopic (exact) mass is 579 g/mol. The van der Waals surface area contributed by atoms with E-state index >= 15 is 0 Å². The number of nitrogens with zero attached hydrogens (tertiary/aromatic N) is 1. The minimum Gasteiger partial charge on any atom is -0.496 e. The minimum atomic E-state index is -4.87. The second-order valence-electron chi connectivity index (χ2n) is 9.90. The molecule has 0 unspecified atom stereocenters. The van der Waals surface area contributed by atoms with E-state index in [0.717, 1.165) is 10.4 Å². The molecule has 0 bridgehead atoms. The summed E-state index contributed by atoms with van der Waals surface area (Å²) in [6.07, 6.45) is -3.59. The van der Waals surface area contributed by atoms with Crippen LogP contribution in [0.25, 0.3) is 11.1 Å². The maximum atomic E-state index is 13.7. The summed E-state index contributed by atoms with van der Waals surface area (Å²) in [5.74, 6) is -0.930. The summed E-state index contributed by atoms with van der Waals surface area (Å²) in [5, 5.41) is 9.54. The number of ether oxygens (including phenoxy) is 3. The molecule has 0 amide bonds. The molecular weight excluding hydrogens is 551 g/mol. The summed E-state index contributed by atoms with van der Waals surface area (Å²) in [6, 6.07) is 14.4. The third-order valence-corrected chi connectivity index (χ3v) is 8.18. The molecule has 1 aliphatic heterocycles. The fraction of sp³-hybridized carbons (Fsp3) is 0.321. The van der Waals surface area contributed by atoms with Gasteiger partial charge in [0.15, 0.2) is 0 Å². The molecule has 8 nitrogen and oxygen atoms in total. The van der Waals surface area contributed by atoms with Crippen molar-refractivity contribution in [3.63, 3.8) is 0 Å². The Bertz CT molecular complexity index is 1520. The number of fused-ring (bicyclic) bond motifs is 1. The van der Waals surface area contributed by atoms with Gasteiger partial charge in [0.05, 0.1) is 12.0 Å². The molecular formula is C28H28F3NO7S. The highest BCUT2D eigenvalue weighted by Gasteiger charge is 2.32. The van der Waals surface area contributed by atoms with Crippen LogP contribution >= 0.6 is 0 Å². The predicted octanol–water partition coefficient (Wildman–Crippen LogP) is 5.64. The molecule has 3 aromatic rings. The second-order valence-corrected chi connectivity index (χ2v) is 11.8. The Morgan fingerprint density at radius 2 is 1.80 bits per heavy atom. The van der Waals surface area contributed by atoms with Crippen molar-refractivity contribution in [3.8, 4) is 28.4 Å². The lowest BCUT2D eigenvalue weighted by molar-refractivity contribution is -0.274. The van der Waals surface area contributed by atoms with Gasteiger partial charge in [0, 0.05) is 12.1 Å². The fourth-order valence-electron chi connectivity index (χ4n) is 4.47. The highest BCUT2D eigenvalue weighted by atomic mass is 32.2. The van der Waals surface area contributed by atoms with Crippen LogP contribution in [0.2, 0.25) is 0 Å². The Morgan fingerprint density at radius 1 is 1.07 bits per heavy atom. The lowest BCUT2D eigenvalue weighted by Gasteiger charge is -2.33. The third-order valence-electron chi connectivity index (χ3n) is 6.39. The number of aliphatic carboxylic acids is 1. The normalized spacial score (nSPS) is 14.8. The number of carboxylic acids is 1. The number of carboxylic acid groups (broad SMARTS) is 1. The van der Waals surface area contributed by atoms with E-state index in [1.54, 1.807) is 24.3 Å². The molecule has 0 spiro atoms. The van der Waals surface area contributed by atoms with Gasteiger partial charge in [-0.1, -0.05) is 18.2 Å². The number of hydrogen-bond acceptors (Lipinski definition) is 6. The van der Waals surface area contributed by atoms with Crippen LogP contribution in [0.3, 0.4) is 0 Å². The molecule has 0 saturated heterocycles. The van der Waals surface area contributed by atoms with Crippen LogP contribution in [0.1, 0.15) is 31.4 Å². The maximum absolute atomic E-state index is 13.7. The quantitative estimate of drug-likeness (QED) is 0.350. The highest BCUT2D eigenvalue weighted by molar-refractivity contribution is 7.89. The predicted molar refractivity (Wildman–Crippen MR) is 140 cm³/mol. The van der Waals surface area contributed by atoms with E-state index in [4.69, 9.17) is 9.47 Å². The first kappa shape index (κ1) is 29.2. The van der Waals surface area contributed by atoms with Crippen LogP contribution in [0.15, 0.2) is 65.6 Å². The summed E-state index contributed by atoms with van der Waals surface area (Å²) in [4.78, 5) is 11.6. The van der Waals surface area contributed by atoms with Gasteiger partial charge in [-0.3, -0.25) is 4.79 Å². The smallest absolute Gasteiger partial charge is 0.496 e. The Hall–Kier alpha value is -3.77. The van der Waals surface area contributed by atoms with E-state index in [-0.39, 0.29) is 22.8 Å².